The van der Waals surface area contributed by atoms with Crippen molar-refractivity contribution in [2.75, 3.05) is 0 Å². The fourth-order valence-corrected chi connectivity index (χ4v) is 0. The monoisotopic (exact) mass is 110 g/mol. The predicted molar refractivity (Wildman–Crippen MR) is 27.9 cm³/mol. The van der Waals surface area contributed by atoms with E-state index in [0.717, 1.165) is 0 Å². The molecule has 0 atom stereocenters. The Kier molecular flexibility index (Phi) is 117. The zero-order valence-corrected chi connectivity index (χ0v) is 0.500. The Balaban J connectivity index is 0. The molecule has 0 aliphatic carbocycles. The Morgan fingerprint density at radius 3 is 1.00 bits per heavy atom. The molecule has 0 saturated heterocycles. The topological polar surface area (TPSA) is 31.5 Å². The summed E-state index contributed by atoms with van der Waals surface area (Å²) in [5.41, 5.74) is 0. The van der Waals surface area contributed by atoms with Crippen LogP contribution in [0.1, 0.15) is 0 Å². The third-order valence-corrected chi connectivity index (χ3v) is 0. The van der Waals surface area contributed by atoms with Gasteiger partial charge in [0.05, 0.1) is 0 Å². The van der Waals surface area contributed by atoms with Gasteiger partial charge >= 0.3 is 90.3 Å². The first-order chi connectivity index (χ1) is 0. The molecule has 4 heteroatoms. The van der Waals surface area contributed by atoms with E-state index in [1.807, 2.05) is 0 Å². The van der Waals surface area contributed by atoms with Crippen LogP contribution in [0.2, 0.25) is 0 Å². The minimum absolute atomic E-state index is 0. The van der Waals surface area contributed by atoms with Gasteiger partial charge in [0.2, 0.25) is 0 Å². The second kappa shape index (κ2) is 16.7. The van der Waals surface area contributed by atoms with Crippen molar-refractivity contribution in [2.24, 2.45) is 0 Å². The first-order valence-corrected chi connectivity index (χ1v) is 0. The summed E-state index contributed by atoms with van der Waals surface area (Å²) in [6, 6.07) is 0. The third-order valence-electron chi connectivity index (χ3n) is 0. The van der Waals surface area contributed by atoms with Gasteiger partial charge in [-0.15, -0.1) is 0 Å². The summed E-state index contributed by atoms with van der Waals surface area (Å²) in [5.74, 6) is 0. The van der Waals surface area contributed by atoms with Gasteiger partial charge in [-0.05, 0) is 0 Å². The molecule has 0 saturated carbocycles. The van der Waals surface area contributed by atoms with E-state index < -0.39 is 0 Å². The Morgan fingerprint density at radius 1 is 1.00 bits per heavy atom. The zero-order valence-electron chi connectivity index (χ0n) is 0.500. The summed E-state index contributed by atoms with van der Waals surface area (Å²) < 4.78 is 0. The van der Waals surface area contributed by atoms with Crippen molar-refractivity contribution in [1.29, 1.82) is 0 Å². The SMILES string of the molecule is O.[CaH2].[MgH2].[NaH]. The van der Waals surface area contributed by atoms with Gasteiger partial charge < -0.3 is 5.48 Å². The average molecular weight is 110 g/mol. The van der Waals surface area contributed by atoms with Gasteiger partial charge in [-0.3, -0.25) is 0 Å². The van der Waals surface area contributed by atoms with Crippen LogP contribution in [-0.4, -0.2) is 95.8 Å². The van der Waals surface area contributed by atoms with Crippen LogP contribution in [0.5, 0.6) is 0 Å². The molecule has 0 aliphatic heterocycles. The van der Waals surface area contributed by atoms with Crippen LogP contribution in [0.3, 0.4) is 0 Å². The second-order valence-corrected chi connectivity index (χ2v) is 0. The number of hydrogen-bond donors (Lipinski definition) is 0. The molecule has 0 fully saturated rings. The van der Waals surface area contributed by atoms with Crippen LogP contribution in [0, 0.1) is 0 Å². The minimum atomic E-state index is 0. The summed E-state index contributed by atoms with van der Waals surface area (Å²) in [6.45, 7) is 0. The zero-order chi connectivity index (χ0) is 0. The molecule has 0 bridgehead atoms. The molecular formula is H7CaMgNaO. The number of hydrogen-bond acceptors (Lipinski definition) is 0. The van der Waals surface area contributed by atoms with E-state index in [4.69, 9.17) is 0 Å². The van der Waals surface area contributed by atoms with Crippen molar-refractivity contribution < 1.29 is 5.48 Å². The molecule has 0 rings (SSSR count). The molecule has 0 aromatic rings. The van der Waals surface area contributed by atoms with E-state index >= 15 is 0 Å². The summed E-state index contributed by atoms with van der Waals surface area (Å²) in [6.07, 6.45) is 0. The molecular weight excluding hydrogens is 103 g/mol. The summed E-state index contributed by atoms with van der Waals surface area (Å²) in [5, 5.41) is 0. The van der Waals surface area contributed by atoms with Crippen molar-refractivity contribution in [1.82, 2.24) is 0 Å². The van der Waals surface area contributed by atoms with E-state index in [2.05, 4.69) is 0 Å². The van der Waals surface area contributed by atoms with Gasteiger partial charge in [-0.1, -0.05) is 0 Å². The van der Waals surface area contributed by atoms with Crippen LogP contribution in [0.15, 0.2) is 0 Å². The first kappa shape index (κ1) is 28.1. The Hall–Kier alpha value is 2.99. The van der Waals surface area contributed by atoms with Crippen molar-refractivity contribution in [2.45, 2.75) is 0 Å². The van der Waals surface area contributed by atoms with Gasteiger partial charge in [-0.2, -0.15) is 0 Å². The van der Waals surface area contributed by atoms with Crippen LogP contribution < -0.4 is 0 Å². The van der Waals surface area contributed by atoms with E-state index in [1.54, 1.807) is 0 Å². The molecule has 0 unspecified atom stereocenters. The standard InChI is InChI=1S/Ca.Mg.Na.H2O.5H/h;;;1H2;;;;;. The maximum absolute atomic E-state index is 0. The first-order valence-electron chi connectivity index (χ1n) is 0. The third kappa shape index (κ3) is 8.88. The summed E-state index contributed by atoms with van der Waals surface area (Å²) in [4.78, 5) is 0. The van der Waals surface area contributed by atoms with Crippen molar-refractivity contribution >= 4 is 90.3 Å². The molecule has 0 aromatic heterocycles. The van der Waals surface area contributed by atoms with E-state index in [0.29, 0.717) is 0 Å². The Labute approximate surface area is 93.6 Å². The second-order valence-electron chi connectivity index (χ2n) is 0. The average Bonchev–Trinajstić information content (AvgIpc) is 0. The molecule has 0 radical (unpaired) electrons. The maximum atomic E-state index is 0. The van der Waals surface area contributed by atoms with Crippen molar-refractivity contribution in [3.8, 4) is 0 Å². The van der Waals surface area contributed by atoms with Gasteiger partial charge in [-0.25, -0.2) is 0 Å². The molecule has 0 aliphatic rings. The van der Waals surface area contributed by atoms with Gasteiger partial charge in [0, 0.05) is 0 Å². The Bertz CT molecular complexity index is 8.00. The quantitative estimate of drug-likeness (QED) is 0.293. The fourth-order valence-electron chi connectivity index (χ4n) is 0. The molecule has 18 valence electrons. The van der Waals surface area contributed by atoms with Crippen molar-refractivity contribution in [3.63, 3.8) is 0 Å². The van der Waals surface area contributed by atoms with Crippen LogP contribution in [0.25, 0.3) is 0 Å². The summed E-state index contributed by atoms with van der Waals surface area (Å²) in [7, 11) is 0. The molecule has 0 heterocycles. The molecule has 0 aromatic carbocycles. The number of rotatable bonds is 0. The molecule has 2 N–H and O–H groups in total. The van der Waals surface area contributed by atoms with Gasteiger partial charge in [0.15, 0.2) is 0 Å². The molecule has 1 nitrogen and oxygen atoms in total. The van der Waals surface area contributed by atoms with Crippen LogP contribution >= 0.6 is 0 Å². The molecule has 4 heavy (non-hydrogen) atoms. The van der Waals surface area contributed by atoms with Gasteiger partial charge in [0.25, 0.3) is 0 Å². The summed E-state index contributed by atoms with van der Waals surface area (Å²) >= 11 is 0. The van der Waals surface area contributed by atoms with E-state index in [1.165, 1.54) is 0 Å². The normalized spacial score (nSPS) is 0. The molecule has 0 amide bonds. The van der Waals surface area contributed by atoms with E-state index in [9.17, 15) is 0 Å². The Morgan fingerprint density at radius 2 is 1.00 bits per heavy atom. The van der Waals surface area contributed by atoms with E-state index in [-0.39, 0.29) is 95.8 Å². The van der Waals surface area contributed by atoms with Crippen LogP contribution in [-0.2, 0) is 0 Å². The van der Waals surface area contributed by atoms with Crippen molar-refractivity contribution in [3.05, 3.63) is 0 Å². The fraction of sp³-hybridized carbons (Fsp3) is 0. The predicted octanol–water partition coefficient (Wildman–Crippen LogP) is -3.31. The van der Waals surface area contributed by atoms with Crippen LogP contribution in [0.4, 0.5) is 0 Å². The molecule has 0 spiro atoms. The van der Waals surface area contributed by atoms with Gasteiger partial charge in [0.1, 0.15) is 0 Å².